The van der Waals surface area contributed by atoms with Gasteiger partial charge in [0.15, 0.2) is 20.6 Å². The fourth-order valence-electron chi connectivity index (χ4n) is 1.04. The molecule has 1 unspecified atom stereocenters. The van der Waals surface area contributed by atoms with Crippen LogP contribution in [-0.4, -0.2) is 29.5 Å². The molecule has 16 heavy (non-hydrogen) atoms. The highest BCUT2D eigenvalue weighted by Gasteiger charge is 2.24. The molecule has 0 saturated carbocycles. The first-order valence-electron chi connectivity index (χ1n) is 4.54. The summed E-state index contributed by atoms with van der Waals surface area (Å²) in [7, 11) is -3.49. The molecule has 86 valence electrons. The fraction of sp³-hybridized carbons (Fsp3) is 0.444. The number of alkyl halides is 1. The standard InChI is InChI=1S/C9H10ClN3O2S/c1-7(2-3-10)16(14,15)9-6-12-8(4-11)5-13-9/h5-7H,2-3H2,1H3. The lowest BCUT2D eigenvalue weighted by Gasteiger charge is -2.09. The first-order chi connectivity index (χ1) is 7.52. The van der Waals surface area contributed by atoms with Crippen LogP contribution in [0, 0.1) is 11.3 Å². The number of halogens is 1. The lowest BCUT2D eigenvalue weighted by molar-refractivity contribution is 0.576. The molecule has 1 aromatic heterocycles. The fourth-order valence-corrected chi connectivity index (χ4v) is 2.73. The molecular formula is C9H10ClN3O2S. The van der Waals surface area contributed by atoms with E-state index in [0.717, 1.165) is 12.4 Å². The normalized spacial score (nSPS) is 13.1. The van der Waals surface area contributed by atoms with E-state index in [-0.39, 0.29) is 16.6 Å². The van der Waals surface area contributed by atoms with E-state index in [1.54, 1.807) is 13.0 Å². The van der Waals surface area contributed by atoms with E-state index in [9.17, 15) is 8.42 Å². The molecule has 0 spiro atoms. The van der Waals surface area contributed by atoms with Crippen LogP contribution in [0.15, 0.2) is 17.4 Å². The summed E-state index contributed by atoms with van der Waals surface area (Å²) in [5.41, 5.74) is 0.0870. The van der Waals surface area contributed by atoms with Gasteiger partial charge in [-0.2, -0.15) is 5.26 Å². The van der Waals surface area contributed by atoms with Crippen LogP contribution in [0.1, 0.15) is 19.0 Å². The molecule has 0 N–H and O–H groups in total. The van der Waals surface area contributed by atoms with Crippen molar-refractivity contribution in [3.05, 3.63) is 18.1 Å². The molecule has 1 atom stereocenters. The van der Waals surface area contributed by atoms with Crippen molar-refractivity contribution < 1.29 is 8.42 Å². The van der Waals surface area contributed by atoms with Gasteiger partial charge >= 0.3 is 0 Å². The topological polar surface area (TPSA) is 83.7 Å². The summed E-state index contributed by atoms with van der Waals surface area (Å²) in [5, 5.41) is 7.78. The number of nitrogens with zero attached hydrogens (tertiary/aromatic N) is 3. The molecule has 0 radical (unpaired) electrons. The summed E-state index contributed by atoms with van der Waals surface area (Å²) in [6, 6.07) is 1.77. The summed E-state index contributed by atoms with van der Waals surface area (Å²) in [6.07, 6.45) is 2.59. The molecule has 1 aromatic rings. The largest absolute Gasteiger partial charge is 0.241 e. The van der Waals surface area contributed by atoms with Crippen molar-refractivity contribution in [3.63, 3.8) is 0 Å². The van der Waals surface area contributed by atoms with Crippen LogP contribution in [0.5, 0.6) is 0 Å². The second-order valence-electron chi connectivity index (χ2n) is 3.18. The minimum atomic E-state index is -3.49. The van der Waals surface area contributed by atoms with Gasteiger partial charge in [0.05, 0.1) is 17.6 Å². The second kappa shape index (κ2) is 5.23. The van der Waals surface area contributed by atoms with Crippen molar-refractivity contribution in [2.45, 2.75) is 23.6 Å². The summed E-state index contributed by atoms with van der Waals surface area (Å²) in [6.45, 7) is 1.57. The van der Waals surface area contributed by atoms with E-state index in [1.807, 2.05) is 0 Å². The number of nitriles is 1. The van der Waals surface area contributed by atoms with E-state index in [2.05, 4.69) is 9.97 Å². The first-order valence-corrected chi connectivity index (χ1v) is 6.62. The maximum Gasteiger partial charge on any atom is 0.199 e. The molecule has 7 heteroatoms. The van der Waals surface area contributed by atoms with Gasteiger partial charge in [0.25, 0.3) is 0 Å². The van der Waals surface area contributed by atoms with Crippen LogP contribution in [0.2, 0.25) is 0 Å². The minimum absolute atomic E-state index is 0.0870. The highest BCUT2D eigenvalue weighted by Crippen LogP contribution is 2.15. The minimum Gasteiger partial charge on any atom is -0.241 e. The Balaban J connectivity index is 3.04. The van der Waals surface area contributed by atoms with E-state index in [1.165, 1.54) is 0 Å². The third-order valence-corrected chi connectivity index (χ3v) is 4.39. The van der Waals surface area contributed by atoms with E-state index < -0.39 is 15.1 Å². The summed E-state index contributed by atoms with van der Waals surface area (Å²) < 4.78 is 23.8. The van der Waals surface area contributed by atoms with Gasteiger partial charge in [0.2, 0.25) is 0 Å². The van der Waals surface area contributed by atoms with Crippen LogP contribution < -0.4 is 0 Å². The maximum absolute atomic E-state index is 11.9. The number of hydrogen-bond acceptors (Lipinski definition) is 5. The average Bonchev–Trinajstić information content (AvgIpc) is 2.29. The monoisotopic (exact) mass is 259 g/mol. The molecule has 1 rings (SSSR count). The van der Waals surface area contributed by atoms with Gasteiger partial charge in [-0.05, 0) is 13.3 Å². The molecule has 1 heterocycles. The maximum atomic E-state index is 11.9. The summed E-state index contributed by atoms with van der Waals surface area (Å²) >= 11 is 5.49. The average molecular weight is 260 g/mol. The van der Waals surface area contributed by atoms with Gasteiger partial charge in [0.1, 0.15) is 6.07 Å². The van der Waals surface area contributed by atoms with Crippen LogP contribution in [-0.2, 0) is 9.84 Å². The van der Waals surface area contributed by atoms with Crippen molar-refractivity contribution in [3.8, 4) is 6.07 Å². The number of aromatic nitrogens is 2. The highest BCUT2D eigenvalue weighted by molar-refractivity contribution is 7.92. The third kappa shape index (κ3) is 2.68. The molecule has 0 saturated heterocycles. The van der Waals surface area contributed by atoms with Crippen LogP contribution >= 0.6 is 11.6 Å². The molecule has 5 nitrogen and oxygen atoms in total. The van der Waals surface area contributed by atoms with E-state index >= 15 is 0 Å². The van der Waals surface area contributed by atoms with Crippen LogP contribution in [0.25, 0.3) is 0 Å². The number of sulfone groups is 1. The quantitative estimate of drug-likeness (QED) is 0.757. The van der Waals surface area contributed by atoms with Crippen LogP contribution in [0.3, 0.4) is 0 Å². The van der Waals surface area contributed by atoms with E-state index in [0.29, 0.717) is 6.42 Å². The zero-order chi connectivity index (χ0) is 12.2. The Morgan fingerprint density at radius 1 is 1.50 bits per heavy atom. The molecule has 0 fully saturated rings. The lowest BCUT2D eigenvalue weighted by Crippen LogP contribution is -2.19. The van der Waals surface area contributed by atoms with E-state index in [4.69, 9.17) is 16.9 Å². The van der Waals surface area contributed by atoms with Crippen molar-refractivity contribution in [1.82, 2.24) is 9.97 Å². The Labute approximate surface area is 99.0 Å². The van der Waals surface area contributed by atoms with Gasteiger partial charge in [-0.15, -0.1) is 11.6 Å². The Morgan fingerprint density at radius 3 is 2.62 bits per heavy atom. The Bertz CT molecular complexity index is 492. The van der Waals surface area contributed by atoms with Crippen molar-refractivity contribution in [2.75, 3.05) is 5.88 Å². The van der Waals surface area contributed by atoms with Gasteiger partial charge in [-0.3, -0.25) is 0 Å². The molecule has 0 aliphatic heterocycles. The predicted octanol–water partition coefficient (Wildman–Crippen LogP) is 1.14. The van der Waals surface area contributed by atoms with Crippen molar-refractivity contribution in [1.29, 1.82) is 5.26 Å². The second-order valence-corrected chi connectivity index (χ2v) is 5.88. The third-order valence-electron chi connectivity index (χ3n) is 2.08. The van der Waals surface area contributed by atoms with Gasteiger partial charge in [0, 0.05) is 5.88 Å². The van der Waals surface area contributed by atoms with Gasteiger partial charge in [-0.1, -0.05) is 0 Å². The zero-order valence-electron chi connectivity index (χ0n) is 8.59. The Kier molecular flexibility index (Phi) is 4.21. The molecule has 0 aliphatic rings. The molecule has 0 bridgehead atoms. The molecular weight excluding hydrogens is 250 g/mol. The SMILES string of the molecule is CC(CCCl)S(=O)(=O)c1cnc(C#N)cn1. The zero-order valence-corrected chi connectivity index (χ0v) is 10.2. The van der Waals surface area contributed by atoms with Gasteiger partial charge < -0.3 is 0 Å². The van der Waals surface area contributed by atoms with Gasteiger partial charge in [-0.25, -0.2) is 18.4 Å². The highest BCUT2D eigenvalue weighted by atomic mass is 35.5. The Morgan fingerprint density at radius 2 is 2.19 bits per heavy atom. The first kappa shape index (κ1) is 12.9. The van der Waals surface area contributed by atoms with Crippen molar-refractivity contribution in [2.24, 2.45) is 0 Å². The summed E-state index contributed by atoms with van der Waals surface area (Å²) in [4.78, 5) is 7.38. The Hall–Kier alpha value is -1.19. The van der Waals surface area contributed by atoms with Crippen molar-refractivity contribution >= 4 is 21.4 Å². The summed E-state index contributed by atoms with van der Waals surface area (Å²) in [5.74, 6) is 0.268. The number of hydrogen-bond donors (Lipinski definition) is 0. The smallest absolute Gasteiger partial charge is 0.199 e. The lowest BCUT2D eigenvalue weighted by atomic mass is 10.4. The molecule has 0 aliphatic carbocycles. The van der Waals surface area contributed by atoms with Crippen LogP contribution in [0.4, 0.5) is 0 Å². The molecule has 0 amide bonds. The predicted molar refractivity (Wildman–Crippen MR) is 58.7 cm³/mol. The molecule has 0 aromatic carbocycles. The number of rotatable bonds is 4.